The number of rotatable bonds is 4. The second kappa shape index (κ2) is 6.29. The number of aromatic nitrogens is 1. The third-order valence-corrected chi connectivity index (χ3v) is 3.67. The van der Waals surface area contributed by atoms with Crippen LogP contribution in [-0.4, -0.2) is 23.5 Å². The molecule has 0 radical (unpaired) electrons. The third kappa shape index (κ3) is 3.78. The first-order valence-corrected chi connectivity index (χ1v) is 7.11. The molecule has 1 aliphatic rings. The highest BCUT2D eigenvalue weighted by molar-refractivity contribution is 9.10. The highest BCUT2D eigenvalue weighted by Gasteiger charge is 2.15. The summed E-state index contributed by atoms with van der Waals surface area (Å²) in [5.74, 6) is -0.00544. The van der Waals surface area contributed by atoms with Crippen LogP contribution in [0.25, 0.3) is 0 Å². The minimum atomic E-state index is -0.00544. The van der Waals surface area contributed by atoms with Crippen molar-refractivity contribution in [1.82, 2.24) is 10.3 Å². The predicted octanol–water partition coefficient (Wildman–Crippen LogP) is 2.62. The largest absolute Gasteiger partial charge is 0.323 e. The molecule has 18 heavy (non-hydrogen) atoms. The second-order valence-electron chi connectivity index (χ2n) is 4.68. The van der Waals surface area contributed by atoms with Crippen molar-refractivity contribution in [2.45, 2.75) is 38.6 Å². The first kappa shape index (κ1) is 13.5. The van der Waals surface area contributed by atoms with Gasteiger partial charge in [0.15, 0.2) is 0 Å². The van der Waals surface area contributed by atoms with Gasteiger partial charge in [-0.15, -0.1) is 0 Å². The molecule has 0 unspecified atom stereocenters. The number of halogens is 1. The zero-order chi connectivity index (χ0) is 13.0. The fourth-order valence-electron chi connectivity index (χ4n) is 2.22. The van der Waals surface area contributed by atoms with Crippen LogP contribution in [-0.2, 0) is 4.79 Å². The number of anilines is 1. The molecule has 0 atom stereocenters. The smallest absolute Gasteiger partial charge is 0.238 e. The van der Waals surface area contributed by atoms with Gasteiger partial charge in [0.05, 0.1) is 17.9 Å². The van der Waals surface area contributed by atoms with Crippen molar-refractivity contribution in [2.75, 3.05) is 11.9 Å². The summed E-state index contributed by atoms with van der Waals surface area (Å²) >= 11 is 3.30. The number of aryl methyl sites for hydroxylation is 1. The maximum absolute atomic E-state index is 11.8. The molecule has 1 amide bonds. The first-order valence-electron chi connectivity index (χ1n) is 6.31. The van der Waals surface area contributed by atoms with E-state index in [-0.39, 0.29) is 5.91 Å². The zero-order valence-corrected chi connectivity index (χ0v) is 12.1. The van der Waals surface area contributed by atoms with Crippen LogP contribution in [0.15, 0.2) is 16.7 Å². The average molecular weight is 312 g/mol. The lowest BCUT2D eigenvalue weighted by Gasteiger charge is -2.12. The quantitative estimate of drug-likeness (QED) is 0.840. The number of carbonyl (C=O) groups is 1. The second-order valence-corrected chi connectivity index (χ2v) is 5.49. The molecule has 98 valence electrons. The molecule has 0 saturated heterocycles. The van der Waals surface area contributed by atoms with Crippen molar-refractivity contribution in [2.24, 2.45) is 0 Å². The van der Waals surface area contributed by atoms with Crippen LogP contribution in [0.5, 0.6) is 0 Å². The average Bonchev–Trinajstić information content (AvgIpc) is 2.83. The molecule has 2 rings (SSSR count). The van der Waals surface area contributed by atoms with Crippen LogP contribution in [0.2, 0.25) is 0 Å². The van der Waals surface area contributed by atoms with Gasteiger partial charge in [-0.1, -0.05) is 12.8 Å². The number of carbonyl (C=O) groups excluding carboxylic acids is 1. The highest BCUT2D eigenvalue weighted by atomic mass is 79.9. The molecule has 1 aromatic heterocycles. The van der Waals surface area contributed by atoms with Crippen LogP contribution in [0.3, 0.4) is 0 Å². The van der Waals surface area contributed by atoms with Gasteiger partial charge in [-0.05, 0) is 47.8 Å². The van der Waals surface area contributed by atoms with Gasteiger partial charge in [0.1, 0.15) is 4.60 Å². The van der Waals surface area contributed by atoms with E-state index >= 15 is 0 Å². The van der Waals surface area contributed by atoms with E-state index in [2.05, 4.69) is 31.5 Å². The molecule has 1 aromatic rings. The summed E-state index contributed by atoms with van der Waals surface area (Å²) in [7, 11) is 0. The van der Waals surface area contributed by atoms with E-state index in [1.54, 1.807) is 0 Å². The van der Waals surface area contributed by atoms with E-state index in [1.807, 2.05) is 19.1 Å². The SMILES string of the molecule is Cc1nc(Br)ccc1NC(=O)CNC1CCCC1. The van der Waals surface area contributed by atoms with Crippen molar-refractivity contribution in [3.8, 4) is 0 Å². The molecule has 0 aliphatic heterocycles. The molecule has 0 bridgehead atoms. The summed E-state index contributed by atoms with van der Waals surface area (Å²) in [5, 5.41) is 6.17. The maximum atomic E-state index is 11.8. The van der Waals surface area contributed by atoms with Gasteiger partial charge in [0.2, 0.25) is 5.91 Å². The van der Waals surface area contributed by atoms with E-state index in [0.29, 0.717) is 12.6 Å². The fourth-order valence-corrected chi connectivity index (χ4v) is 2.62. The summed E-state index contributed by atoms with van der Waals surface area (Å²) in [6.45, 7) is 2.25. The summed E-state index contributed by atoms with van der Waals surface area (Å²) in [6.07, 6.45) is 4.92. The van der Waals surface area contributed by atoms with Crippen LogP contribution >= 0.6 is 15.9 Å². The normalized spacial score (nSPS) is 15.9. The number of nitrogens with one attached hydrogen (secondary N) is 2. The Balaban J connectivity index is 1.82. The Bertz CT molecular complexity index is 430. The lowest BCUT2D eigenvalue weighted by Crippen LogP contribution is -2.34. The summed E-state index contributed by atoms with van der Waals surface area (Å²) in [6, 6.07) is 4.20. The Hall–Kier alpha value is -0.940. The highest BCUT2D eigenvalue weighted by Crippen LogP contribution is 2.18. The van der Waals surface area contributed by atoms with Crippen molar-refractivity contribution in [3.05, 3.63) is 22.4 Å². The first-order chi connectivity index (χ1) is 8.65. The van der Waals surface area contributed by atoms with Crippen LogP contribution in [0.4, 0.5) is 5.69 Å². The van der Waals surface area contributed by atoms with Crippen LogP contribution in [0.1, 0.15) is 31.4 Å². The minimum absolute atomic E-state index is 0.00544. The van der Waals surface area contributed by atoms with Crippen molar-refractivity contribution in [1.29, 1.82) is 0 Å². The van der Waals surface area contributed by atoms with Gasteiger partial charge in [-0.2, -0.15) is 0 Å². The third-order valence-electron chi connectivity index (χ3n) is 3.23. The lowest BCUT2D eigenvalue weighted by molar-refractivity contribution is -0.115. The van der Waals surface area contributed by atoms with E-state index in [9.17, 15) is 4.79 Å². The summed E-state index contributed by atoms with van der Waals surface area (Å²) in [5.41, 5.74) is 1.59. The van der Waals surface area contributed by atoms with Gasteiger partial charge in [0, 0.05) is 6.04 Å². The molecule has 2 N–H and O–H groups in total. The minimum Gasteiger partial charge on any atom is -0.323 e. The Morgan fingerprint density at radius 1 is 1.44 bits per heavy atom. The van der Waals surface area contributed by atoms with Gasteiger partial charge in [0.25, 0.3) is 0 Å². The number of pyridine rings is 1. The van der Waals surface area contributed by atoms with Crippen LogP contribution in [0, 0.1) is 6.92 Å². The monoisotopic (exact) mass is 311 g/mol. The van der Waals surface area contributed by atoms with Gasteiger partial charge in [-0.25, -0.2) is 4.98 Å². The molecule has 1 saturated carbocycles. The number of nitrogens with zero attached hydrogens (tertiary/aromatic N) is 1. The Morgan fingerprint density at radius 2 is 2.17 bits per heavy atom. The molecule has 4 nitrogen and oxygen atoms in total. The molecule has 0 aromatic carbocycles. The van der Waals surface area contributed by atoms with E-state index in [1.165, 1.54) is 25.7 Å². The maximum Gasteiger partial charge on any atom is 0.238 e. The zero-order valence-electron chi connectivity index (χ0n) is 10.5. The van der Waals surface area contributed by atoms with Gasteiger partial charge >= 0.3 is 0 Å². The molecule has 0 spiro atoms. The molecular formula is C13H18BrN3O. The van der Waals surface area contributed by atoms with Crippen molar-refractivity contribution in [3.63, 3.8) is 0 Å². The fraction of sp³-hybridized carbons (Fsp3) is 0.538. The Kier molecular flexibility index (Phi) is 4.72. The standard InChI is InChI=1S/C13H18BrN3O/c1-9-11(6-7-12(14)16-9)17-13(18)8-15-10-4-2-3-5-10/h6-7,10,15H,2-5,8H2,1H3,(H,17,18). The van der Waals surface area contributed by atoms with E-state index < -0.39 is 0 Å². The topological polar surface area (TPSA) is 54.0 Å². The molecule has 1 heterocycles. The predicted molar refractivity (Wildman–Crippen MR) is 75.6 cm³/mol. The number of amides is 1. The Morgan fingerprint density at radius 3 is 2.83 bits per heavy atom. The molecule has 1 aliphatic carbocycles. The lowest BCUT2D eigenvalue weighted by atomic mass is 10.2. The number of hydrogen-bond donors (Lipinski definition) is 2. The van der Waals surface area contributed by atoms with Crippen molar-refractivity contribution < 1.29 is 4.79 Å². The number of hydrogen-bond acceptors (Lipinski definition) is 3. The van der Waals surface area contributed by atoms with Gasteiger partial charge < -0.3 is 10.6 Å². The van der Waals surface area contributed by atoms with Gasteiger partial charge in [-0.3, -0.25) is 4.79 Å². The molecule has 5 heteroatoms. The van der Waals surface area contributed by atoms with E-state index in [4.69, 9.17) is 0 Å². The van der Waals surface area contributed by atoms with Crippen molar-refractivity contribution >= 4 is 27.5 Å². The Labute approximate surface area is 116 Å². The summed E-state index contributed by atoms with van der Waals surface area (Å²) < 4.78 is 0.780. The van der Waals surface area contributed by atoms with Crippen LogP contribution < -0.4 is 10.6 Å². The molecular weight excluding hydrogens is 294 g/mol. The molecule has 1 fully saturated rings. The van der Waals surface area contributed by atoms with E-state index in [0.717, 1.165) is 16.0 Å². The summed E-state index contributed by atoms with van der Waals surface area (Å²) in [4.78, 5) is 16.0.